The molecule has 0 fully saturated rings. The van der Waals surface area contributed by atoms with Crippen molar-refractivity contribution < 1.29 is 9.47 Å². The van der Waals surface area contributed by atoms with Crippen molar-refractivity contribution in [2.45, 2.75) is 65.2 Å². The number of benzene rings is 2. The lowest BCUT2D eigenvalue weighted by molar-refractivity contribution is 0.302. The van der Waals surface area contributed by atoms with E-state index in [-0.39, 0.29) is 0 Å². The van der Waals surface area contributed by atoms with Crippen LogP contribution in [0.5, 0.6) is 11.5 Å². The Balaban J connectivity index is 1.51. The van der Waals surface area contributed by atoms with Crippen LogP contribution in [0.4, 0.5) is 0 Å². The number of H-pyrrole nitrogens is 2. The molecule has 0 aliphatic carbocycles. The van der Waals surface area contributed by atoms with Gasteiger partial charge < -0.3 is 19.4 Å². The molecule has 6 heteroatoms. The summed E-state index contributed by atoms with van der Waals surface area (Å²) in [5, 5.41) is 0. The van der Waals surface area contributed by atoms with E-state index in [4.69, 9.17) is 19.4 Å². The van der Waals surface area contributed by atoms with Crippen LogP contribution in [0.3, 0.4) is 0 Å². The van der Waals surface area contributed by atoms with E-state index in [0.29, 0.717) is 19.0 Å². The van der Waals surface area contributed by atoms with Gasteiger partial charge >= 0.3 is 0 Å². The van der Waals surface area contributed by atoms with E-state index in [0.717, 1.165) is 98.5 Å². The molecule has 2 aliphatic rings. The molecule has 5 heterocycles. The first-order chi connectivity index (χ1) is 24.7. The van der Waals surface area contributed by atoms with E-state index in [1.165, 1.54) is 25.7 Å². The van der Waals surface area contributed by atoms with Crippen LogP contribution >= 0.6 is 0 Å². The van der Waals surface area contributed by atoms with Crippen molar-refractivity contribution in [2.24, 2.45) is 0 Å². The topological polar surface area (TPSA) is 75.8 Å². The Kier molecular flexibility index (Phi) is 10.5. The number of hydrogen-bond acceptors (Lipinski definition) is 4. The van der Waals surface area contributed by atoms with Gasteiger partial charge in [-0.1, -0.05) is 113 Å². The summed E-state index contributed by atoms with van der Waals surface area (Å²) >= 11 is 0. The quantitative estimate of drug-likeness (QED) is 0.114. The molecule has 254 valence electrons. The fourth-order valence-corrected chi connectivity index (χ4v) is 6.68. The van der Waals surface area contributed by atoms with Crippen molar-refractivity contribution in [2.75, 3.05) is 13.2 Å². The first-order valence-corrected chi connectivity index (χ1v) is 18.3. The third-order valence-electron chi connectivity index (χ3n) is 9.27. The van der Waals surface area contributed by atoms with Gasteiger partial charge in [0, 0.05) is 22.2 Å². The Labute approximate surface area is 295 Å². The molecule has 6 nitrogen and oxygen atoms in total. The lowest BCUT2D eigenvalue weighted by Gasteiger charge is -2.09. The van der Waals surface area contributed by atoms with Gasteiger partial charge in [0.1, 0.15) is 11.4 Å². The zero-order valence-corrected chi connectivity index (χ0v) is 29.2. The van der Waals surface area contributed by atoms with Gasteiger partial charge in [-0.25, -0.2) is 9.97 Å². The van der Waals surface area contributed by atoms with E-state index < -0.39 is 0 Å². The number of hydrogen-bond donors (Lipinski definition) is 2. The number of aromatic nitrogens is 4. The van der Waals surface area contributed by atoms with Crippen LogP contribution in [-0.2, 0) is 0 Å². The minimum absolute atomic E-state index is 0.612. The Morgan fingerprint density at radius 2 is 0.860 bits per heavy atom. The van der Waals surface area contributed by atoms with Gasteiger partial charge in [0.2, 0.25) is 0 Å². The number of nitrogens with zero attached hydrogens (tertiary/aromatic N) is 2. The lowest BCUT2D eigenvalue weighted by Crippen LogP contribution is -2.01. The summed E-state index contributed by atoms with van der Waals surface area (Å²) in [4.78, 5) is 17.9. The highest BCUT2D eigenvalue weighted by atomic mass is 16.5. The lowest BCUT2D eigenvalue weighted by atomic mass is 10.0. The van der Waals surface area contributed by atoms with Crippen LogP contribution < -0.4 is 9.47 Å². The molecule has 0 saturated carbocycles. The number of fused-ring (bicyclic) bond motifs is 8. The fourth-order valence-electron chi connectivity index (χ4n) is 6.68. The molecule has 0 unspecified atom stereocenters. The predicted molar refractivity (Wildman–Crippen MR) is 209 cm³/mol. The maximum absolute atomic E-state index is 6.63. The van der Waals surface area contributed by atoms with Gasteiger partial charge in [0.05, 0.1) is 35.6 Å². The van der Waals surface area contributed by atoms with E-state index in [1.54, 1.807) is 0 Å². The number of aromatic amines is 2. The highest BCUT2D eigenvalue weighted by Gasteiger charge is 2.19. The Morgan fingerprint density at radius 3 is 1.32 bits per heavy atom. The maximum atomic E-state index is 6.63. The Morgan fingerprint density at radius 1 is 0.440 bits per heavy atom. The second-order valence-electron chi connectivity index (χ2n) is 13.0. The SMILES string of the molecule is CCCCCCOc1c2nc(c(-c3ccccc3)c3ccc([nH]3)c(OCCCCCC)c3ccc([nH]3)c(-c3ccccc3)c3nc1C=C3)C=C2. The van der Waals surface area contributed by atoms with Crippen LogP contribution in [0.25, 0.3) is 68.6 Å². The van der Waals surface area contributed by atoms with E-state index in [2.05, 4.69) is 121 Å². The van der Waals surface area contributed by atoms with Crippen LogP contribution in [0, 0.1) is 0 Å². The van der Waals surface area contributed by atoms with Crippen LogP contribution in [-0.4, -0.2) is 33.1 Å². The molecule has 5 aromatic rings. The second kappa shape index (κ2) is 15.9. The number of ether oxygens (including phenoxy) is 2. The monoisotopic (exact) mass is 662 g/mol. The highest BCUT2D eigenvalue weighted by Crippen LogP contribution is 2.37. The summed E-state index contributed by atoms with van der Waals surface area (Å²) in [7, 11) is 0. The third kappa shape index (κ3) is 7.30. The fraction of sp³-hybridized carbons (Fsp3) is 0.273. The molecule has 8 bridgehead atoms. The standard InChI is InChI=1S/C44H46N4O2/c1-3-5-7-15-29-49-43-37-25-21-33(45-37)41(31-17-11-9-12-18-31)35-23-27-39(47-35)44(50-30-16-8-6-4-2)40-28-24-36(48-40)42(32-19-13-10-14-20-32)34-22-26-38(43)46-34/h9-14,17-28,45-46H,3-8,15-16,29-30H2,1-2H3. The van der Waals surface area contributed by atoms with Crippen molar-refractivity contribution in [1.82, 2.24) is 19.9 Å². The van der Waals surface area contributed by atoms with Gasteiger partial charge in [-0.05, 0) is 72.5 Å². The second-order valence-corrected chi connectivity index (χ2v) is 13.0. The Hall–Kier alpha value is -5.36. The molecule has 0 radical (unpaired) electrons. The number of nitrogens with one attached hydrogen (secondary N) is 2. The first kappa shape index (κ1) is 33.2. The molecule has 0 spiro atoms. The van der Waals surface area contributed by atoms with E-state index in [1.807, 2.05) is 12.1 Å². The van der Waals surface area contributed by atoms with E-state index in [9.17, 15) is 0 Å². The summed E-state index contributed by atoms with van der Waals surface area (Å²) in [6.45, 7) is 5.71. The molecule has 50 heavy (non-hydrogen) atoms. The normalized spacial score (nSPS) is 12.0. The zero-order chi connectivity index (χ0) is 34.1. The van der Waals surface area contributed by atoms with Gasteiger partial charge in [-0.3, -0.25) is 0 Å². The maximum Gasteiger partial charge on any atom is 0.170 e. The van der Waals surface area contributed by atoms with Crippen molar-refractivity contribution in [3.63, 3.8) is 0 Å². The van der Waals surface area contributed by atoms with Crippen molar-refractivity contribution in [3.05, 3.63) is 108 Å². The first-order valence-electron chi connectivity index (χ1n) is 18.3. The minimum Gasteiger partial charge on any atom is -0.489 e. The molecular weight excluding hydrogens is 617 g/mol. The van der Waals surface area contributed by atoms with Crippen LogP contribution in [0.15, 0.2) is 84.9 Å². The summed E-state index contributed by atoms with van der Waals surface area (Å²) in [6.07, 6.45) is 17.3. The molecule has 0 amide bonds. The van der Waals surface area contributed by atoms with Gasteiger partial charge in [-0.15, -0.1) is 0 Å². The van der Waals surface area contributed by atoms with Gasteiger partial charge in [0.15, 0.2) is 11.5 Å². The van der Waals surface area contributed by atoms with Crippen LogP contribution in [0.1, 0.15) is 88.0 Å². The number of unbranched alkanes of at least 4 members (excludes halogenated alkanes) is 6. The third-order valence-corrected chi connectivity index (χ3v) is 9.27. The summed E-state index contributed by atoms with van der Waals surface area (Å²) < 4.78 is 13.2. The summed E-state index contributed by atoms with van der Waals surface area (Å²) in [5.41, 5.74) is 11.2. The molecular formula is C44H46N4O2. The number of rotatable bonds is 14. The van der Waals surface area contributed by atoms with Crippen molar-refractivity contribution >= 4 is 46.4 Å². The average Bonchev–Trinajstić information content (AvgIpc) is 3.99. The molecule has 2 N–H and O–H groups in total. The summed E-state index contributed by atoms with van der Waals surface area (Å²) in [6, 6.07) is 29.4. The summed E-state index contributed by atoms with van der Waals surface area (Å²) in [5.74, 6) is 1.50. The van der Waals surface area contributed by atoms with Gasteiger partial charge in [-0.2, -0.15) is 0 Å². The zero-order valence-electron chi connectivity index (χ0n) is 29.2. The molecule has 2 aromatic carbocycles. The van der Waals surface area contributed by atoms with Gasteiger partial charge in [0.25, 0.3) is 0 Å². The molecule has 7 rings (SSSR count). The Bertz CT molecular complexity index is 2000. The van der Waals surface area contributed by atoms with E-state index >= 15 is 0 Å². The molecule has 0 saturated heterocycles. The highest BCUT2D eigenvalue weighted by molar-refractivity contribution is 5.95. The van der Waals surface area contributed by atoms with Crippen LogP contribution in [0.2, 0.25) is 0 Å². The predicted octanol–water partition coefficient (Wildman–Crippen LogP) is 11.9. The average molecular weight is 663 g/mol. The molecule has 2 aliphatic heterocycles. The van der Waals surface area contributed by atoms with Crippen molar-refractivity contribution in [1.29, 1.82) is 0 Å². The smallest absolute Gasteiger partial charge is 0.170 e. The largest absolute Gasteiger partial charge is 0.489 e. The van der Waals surface area contributed by atoms with Crippen molar-refractivity contribution in [3.8, 4) is 33.8 Å². The molecule has 0 atom stereocenters. The minimum atomic E-state index is 0.612. The molecule has 3 aromatic heterocycles.